The normalized spacial score (nSPS) is 13.5. The maximum atomic E-state index is 11.8. The van der Waals surface area contributed by atoms with Crippen LogP contribution in [0.1, 0.15) is 29.2 Å². The molecule has 0 aliphatic rings. The Morgan fingerprint density at radius 3 is 2.84 bits per heavy atom. The smallest absolute Gasteiger partial charge is 0.315 e. The largest absolute Gasteiger partial charge is 0.459 e. The zero-order valence-electron chi connectivity index (χ0n) is 10.5. The van der Waals surface area contributed by atoms with Gasteiger partial charge in [-0.1, -0.05) is 0 Å². The van der Waals surface area contributed by atoms with Crippen molar-refractivity contribution in [2.45, 2.75) is 19.9 Å². The van der Waals surface area contributed by atoms with Crippen molar-refractivity contribution in [2.75, 3.05) is 0 Å². The Morgan fingerprint density at radius 2 is 2.26 bits per heavy atom. The van der Waals surface area contributed by atoms with Crippen LogP contribution in [0.3, 0.4) is 0 Å². The van der Waals surface area contributed by atoms with Crippen LogP contribution in [0.25, 0.3) is 0 Å². The van der Waals surface area contributed by atoms with Gasteiger partial charge in [-0.15, -0.1) is 11.3 Å². The number of nitrogens with zero attached hydrogens (tertiary/aromatic N) is 2. The third-order valence-corrected chi connectivity index (χ3v) is 3.61. The van der Waals surface area contributed by atoms with E-state index >= 15 is 0 Å². The van der Waals surface area contributed by atoms with Crippen LogP contribution in [0.15, 0.2) is 33.2 Å². The second-order valence-corrected chi connectivity index (χ2v) is 4.84. The number of thiazole rings is 1. The molecule has 2 aromatic rings. The fourth-order valence-corrected chi connectivity index (χ4v) is 2.56. The third-order valence-electron chi connectivity index (χ3n) is 2.65. The molecule has 7 heteroatoms. The van der Waals surface area contributed by atoms with E-state index in [1.807, 2.05) is 12.3 Å². The maximum absolute atomic E-state index is 11.8. The number of carbonyl (C=O) groups is 2. The van der Waals surface area contributed by atoms with Crippen LogP contribution < -0.4 is 10.5 Å². The lowest BCUT2D eigenvalue weighted by Gasteiger charge is -2.11. The van der Waals surface area contributed by atoms with Gasteiger partial charge in [0.25, 0.3) is 0 Å². The lowest BCUT2D eigenvalue weighted by Crippen LogP contribution is -2.31. The molecule has 6 nitrogen and oxygen atoms in total. The summed E-state index contributed by atoms with van der Waals surface area (Å²) >= 11 is 1.27. The second-order valence-electron chi connectivity index (χ2n) is 4.00. The molecule has 0 saturated heterocycles. The SMILES string of the molecule is Cc1csc(=NC(=O)c2ccco2)n1C(C)C(N)=O. The van der Waals surface area contributed by atoms with Crippen molar-refractivity contribution < 1.29 is 14.0 Å². The number of rotatable bonds is 3. The first-order chi connectivity index (χ1) is 9.00. The molecule has 100 valence electrons. The van der Waals surface area contributed by atoms with Gasteiger partial charge in [0.1, 0.15) is 6.04 Å². The van der Waals surface area contributed by atoms with Gasteiger partial charge < -0.3 is 14.7 Å². The number of hydrogen-bond acceptors (Lipinski definition) is 4. The van der Waals surface area contributed by atoms with Gasteiger partial charge in [0.2, 0.25) is 5.91 Å². The predicted octanol–water partition coefficient (Wildman–Crippen LogP) is 1.24. The number of amides is 2. The first kappa shape index (κ1) is 13.3. The van der Waals surface area contributed by atoms with Crippen molar-refractivity contribution in [3.63, 3.8) is 0 Å². The second kappa shape index (κ2) is 5.23. The Labute approximate surface area is 113 Å². The molecule has 2 N–H and O–H groups in total. The molecule has 0 aliphatic heterocycles. The minimum atomic E-state index is -0.561. The lowest BCUT2D eigenvalue weighted by molar-refractivity contribution is -0.120. The molecular weight excluding hydrogens is 266 g/mol. The molecule has 1 atom stereocenters. The van der Waals surface area contributed by atoms with Crippen LogP contribution in [-0.2, 0) is 4.79 Å². The van der Waals surface area contributed by atoms with Crippen LogP contribution in [-0.4, -0.2) is 16.4 Å². The van der Waals surface area contributed by atoms with Gasteiger partial charge in [0.15, 0.2) is 10.6 Å². The highest BCUT2D eigenvalue weighted by atomic mass is 32.1. The summed E-state index contributed by atoms with van der Waals surface area (Å²) in [6.45, 7) is 3.49. The fraction of sp³-hybridized carbons (Fsp3) is 0.250. The summed E-state index contributed by atoms with van der Waals surface area (Å²) in [5.74, 6) is -0.810. The van der Waals surface area contributed by atoms with E-state index < -0.39 is 17.9 Å². The predicted molar refractivity (Wildman–Crippen MR) is 69.6 cm³/mol. The summed E-state index contributed by atoms with van der Waals surface area (Å²) in [7, 11) is 0. The Kier molecular flexibility index (Phi) is 3.66. The Balaban J connectivity index is 2.46. The first-order valence-corrected chi connectivity index (χ1v) is 6.47. The number of primary amides is 1. The maximum Gasteiger partial charge on any atom is 0.315 e. The Bertz CT molecular complexity index is 667. The van der Waals surface area contributed by atoms with E-state index in [9.17, 15) is 9.59 Å². The van der Waals surface area contributed by atoms with Gasteiger partial charge in [-0.3, -0.25) is 9.59 Å². The van der Waals surface area contributed by atoms with Crippen molar-refractivity contribution in [3.05, 3.63) is 40.0 Å². The lowest BCUT2D eigenvalue weighted by atomic mass is 10.3. The summed E-state index contributed by atoms with van der Waals surface area (Å²) in [6, 6.07) is 2.59. The van der Waals surface area contributed by atoms with Crippen LogP contribution in [0.5, 0.6) is 0 Å². The monoisotopic (exact) mass is 279 g/mol. The van der Waals surface area contributed by atoms with E-state index in [-0.39, 0.29) is 5.76 Å². The van der Waals surface area contributed by atoms with E-state index in [1.165, 1.54) is 23.7 Å². The molecule has 0 radical (unpaired) electrons. The third kappa shape index (κ3) is 2.65. The zero-order valence-corrected chi connectivity index (χ0v) is 11.3. The van der Waals surface area contributed by atoms with Crippen molar-refractivity contribution in [1.29, 1.82) is 0 Å². The molecule has 0 bridgehead atoms. The number of aromatic nitrogens is 1. The quantitative estimate of drug-likeness (QED) is 0.916. The van der Waals surface area contributed by atoms with E-state index in [2.05, 4.69) is 4.99 Å². The van der Waals surface area contributed by atoms with Crippen molar-refractivity contribution in [3.8, 4) is 0 Å². The van der Waals surface area contributed by atoms with E-state index in [0.717, 1.165) is 5.69 Å². The summed E-state index contributed by atoms with van der Waals surface area (Å²) in [4.78, 5) is 27.5. The molecule has 0 aromatic carbocycles. The van der Waals surface area contributed by atoms with E-state index in [0.29, 0.717) is 4.80 Å². The van der Waals surface area contributed by atoms with Crippen LogP contribution in [0, 0.1) is 6.92 Å². The number of hydrogen-bond donors (Lipinski definition) is 1. The standard InChI is InChI=1S/C12H13N3O3S/c1-7-6-19-12(15(7)8(2)10(13)16)14-11(17)9-4-3-5-18-9/h3-6,8H,1-2H3,(H2,13,16). The van der Waals surface area contributed by atoms with Gasteiger partial charge in [0.05, 0.1) is 6.26 Å². The molecule has 1 unspecified atom stereocenters. The highest BCUT2D eigenvalue weighted by Crippen LogP contribution is 2.09. The van der Waals surface area contributed by atoms with E-state index in [1.54, 1.807) is 17.6 Å². The molecule has 0 saturated carbocycles. The molecule has 2 amide bonds. The summed E-state index contributed by atoms with van der Waals surface area (Å²) in [6.07, 6.45) is 1.41. The van der Waals surface area contributed by atoms with Gasteiger partial charge in [0, 0.05) is 11.1 Å². The summed E-state index contributed by atoms with van der Waals surface area (Å²) < 4.78 is 6.62. The number of furan rings is 1. The topological polar surface area (TPSA) is 90.6 Å². The average Bonchev–Trinajstić information content (AvgIpc) is 2.98. The minimum Gasteiger partial charge on any atom is -0.459 e. The van der Waals surface area contributed by atoms with Crippen LogP contribution >= 0.6 is 11.3 Å². The molecule has 2 aromatic heterocycles. The molecule has 0 aliphatic carbocycles. The molecule has 2 heterocycles. The molecule has 0 fully saturated rings. The van der Waals surface area contributed by atoms with Gasteiger partial charge in [-0.05, 0) is 26.0 Å². The summed E-state index contributed by atoms with van der Waals surface area (Å²) in [5, 5.41) is 1.81. The molecule has 2 rings (SSSR count). The first-order valence-electron chi connectivity index (χ1n) is 5.59. The highest BCUT2D eigenvalue weighted by molar-refractivity contribution is 7.07. The number of aryl methyl sites for hydroxylation is 1. The van der Waals surface area contributed by atoms with E-state index in [4.69, 9.17) is 10.2 Å². The van der Waals surface area contributed by atoms with Crippen molar-refractivity contribution >= 4 is 23.2 Å². The van der Waals surface area contributed by atoms with Gasteiger partial charge >= 0.3 is 5.91 Å². The van der Waals surface area contributed by atoms with Crippen molar-refractivity contribution in [2.24, 2.45) is 10.7 Å². The highest BCUT2D eigenvalue weighted by Gasteiger charge is 2.16. The van der Waals surface area contributed by atoms with Crippen molar-refractivity contribution in [1.82, 2.24) is 4.57 Å². The van der Waals surface area contributed by atoms with Gasteiger partial charge in [-0.25, -0.2) is 0 Å². The average molecular weight is 279 g/mol. The number of carbonyl (C=O) groups excluding carboxylic acids is 2. The zero-order chi connectivity index (χ0) is 14.0. The van der Waals surface area contributed by atoms with Crippen LogP contribution in [0.2, 0.25) is 0 Å². The molecular formula is C12H13N3O3S. The van der Waals surface area contributed by atoms with Crippen LogP contribution in [0.4, 0.5) is 0 Å². The summed E-state index contributed by atoms with van der Waals surface area (Å²) in [5.41, 5.74) is 6.11. The Hall–Kier alpha value is -2.15. The molecule has 19 heavy (non-hydrogen) atoms. The Morgan fingerprint density at radius 1 is 1.53 bits per heavy atom. The number of nitrogens with two attached hydrogens (primary N) is 1. The minimum absolute atomic E-state index is 0.157. The fourth-order valence-electron chi connectivity index (χ4n) is 1.62. The van der Waals surface area contributed by atoms with Gasteiger partial charge in [-0.2, -0.15) is 4.99 Å². The molecule has 0 spiro atoms.